The van der Waals surface area contributed by atoms with Crippen LogP contribution in [0.5, 0.6) is 11.5 Å². The number of thioether (sulfide) groups is 1. The van der Waals surface area contributed by atoms with Crippen molar-refractivity contribution in [2.75, 3.05) is 24.3 Å². The van der Waals surface area contributed by atoms with Gasteiger partial charge in [0.2, 0.25) is 5.91 Å². The fourth-order valence-electron chi connectivity index (χ4n) is 4.98. The van der Waals surface area contributed by atoms with E-state index < -0.39 is 12.4 Å². The normalized spacial score (nSPS) is 14.9. The average molecular weight is 667 g/mol. The van der Waals surface area contributed by atoms with Gasteiger partial charge in [0.1, 0.15) is 17.8 Å². The second-order valence-corrected chi connectivity index (χ2v) is 12.0. The summed E-state index contributed by atoms with van der Waals surface area (Å²) in [5.41, 5.74) is 3.97. The molecule has 2 heterocycles. The molecular formula is C33H33F3N6O4S. The summed E-state index contributed by atoms with van der Waals surface area (Å²) < 4.78 is 48.0. The van der Waals surface area contributed by atoms with Crippen molar-refractivity contribution >= 4 is 34.6 Å². The Labute approximate surface area is 274 Å². The van der Waals surface area contributed by atoms with Gasteiger partial charge in [0.15, 0.2) is 11.0 Å². The number of rotatable bonds is 10. The lowest BCUT2D eigenvalue weighted by Crippen LogP contribution is -2.32. The summed E-state index contributed by atoms with van der Waals surface area (Å²) >= 11 is 1.23. The molecule has 0 spiro atoms. The van der Waals surface area contributed by atoms with Crippen molar-refractivity contribution < 1.29 is 32.2 Å². The first-order valence-corrected chi connectivity index (χ1v) is 15.8. The number of aromatic nitrogens is 3. The molecule has 4 aromatic rings. The summed E-state index contributed by atoms with van der Waals surface area (Å²) in [7, 11) is 1.59. The quantitative estimate of drug-likeness (QED) is 0.189. The Hall–Kier alpha value is -4.85. The van der Waals surface area contributed by atoms with Gasteiger partial charge in [-0.25, -0.2) is 14.5 Å². The fourth-order valence-corrected chi connectivity index (χ4v) is 5.84. The number of amidine groups is 1. The highest BCUT2D eigenvalue weighted by Gasteiger charge is 2.33. The van der Waals surface area contributed by atoms with Crippen LogP contribution >= 0.6 is 11.8 Å². The number of carbonyl (C=O) groups excluding carboxylic acids is 2. The topological polar surface area (TPSA) is 111 Å². The number of ether oxygens (including phenoxy) is 2. The number of methoxy groups -OCH3 is 1. The van der Waals surface area contributed by atoms with E-state index in [1.54, 1.807) is 13.2 Å². The summed E-state index contributed by atoms with van der Waals surface area (Å²) in [6, 6.07) is 18.0. The van der Waals surface area contributed by atoms with Crippen LogP contribution in [-0.2, 0) is 4.79 Å². The van der Waals surface area contributed by atoms with Crippen LogP contribution in [0.1, 0.15) is 50.2 Å². The summed E-state index contributed by atoms with van der Waals surface area (Å²) in [5.74, 6) is 1.13. The smallest absolute Gasteiger partial charge is 0.497 e. The summed E-state index contributed by atoms with van der Waals surface area (Å²) in [4.78, 5) is 35.6. The third-order valence-corrected chi connectivity index (χ3v) is 8.40. The molecule has 1 unspecified atom stereocenters. The Balaban J connectivity index is 1.16. The van der Waals surface area contributed by atoms with Gasteiger partial charge in [-0.15, -0.1) is 18.3 Å². The van der Waals surface area contributed by atoms with E-state index in [0.29, 0.717) is 41.1 Å². The molecule has 47 heavy (non-hydrogen) atoms. The predicted octanol–water partition coefficient (Wildman–Crippen LogP) is 7.30. The summed E-state index contributed by atoms with van der Waals surface area (Å²) in [6.45, 7) is 6.49. The monoisotopic (exact) mass is 666 g/mol. The molecule has 0 saturated carbocycles. The number of carbonyl (C=O) groups is 2. The minimum absolute atomic E-state index is 0.117. The highest BCUT2D eigenvalue weighted by atomic mass is 32.2. The zero-order valence-electron chi connectivity index (χ0n) is 26.1. The Morgan fingerprint density at radius 3 is 2.40 bits per heavy atom. The van der Waals surface area contributed by atoms with Crippen molar-refractivity contribution in [2.45, 2.75) is 45.4 Å². The molecule has 246 valence electrons. The molecule has 1 aromatic heterocycles. The third kappa shape index (κ3) is 8.30. The second kappa shape index (κ2) is 14.3. The van der Waals surface area contributed by atoms with Gasteiger partial charge in [-0.1, -0.05) is 56.8 Å². The Morgan fingerprint density at radius 2 is 1.74 bits per heavy atom. The van der Waals surface area contributed by atoms with Gasteiger partial charge in [0, 0.05) is 12.1 Å². The van der Waals surface area contributed by atoms with Crippen LogP contribution in [0.2, 0.25) is 0 Å². The summed E-state index contributed by atoms with van der Waals surface area (Å²) in [5, 5.41) is 7.62. The zero-order chi connectivity index (χ0) is 33.7. The minimum Gasteiger partial charge on any atom is -0.497 e. The number of benzene rings is 3. The molecule has 0 radical (unpaired) electrons. The molecule has 1 saturated heterocycles. The molecule has 1 atom stereocenters. The van der Waals surface area contributed by atoms with Gasteiger partial charge in [-0.05, 0) is 71.8 Å². The maximum atomic E-state index is 12.8. The molecule has 0 bridgehead atoms. The van der Waals surface area contributed by atoms with Gasteiger partial charge < -0.3 is 14.8 Å². The molecule has 3 amide bonds. The first-order valence-electron chi connectivity index (χ1n) is 14.8. The maximum Gasteiger partial charge on any atom is 0.573 e. The van der Waals surface area contributed by atoms with E-state index in [-0.39, 0.29) is 29.2 Å². The van der Waals surface area contributed by atoms with Crippen molar-refractivity contribution in [1.82, 2.24) is 20.1 Å². The van der Waals surface area contributed by atoms with Gasteiger partial charge in [0.05, 0.1) is 24.2 Å². The van der Waals surface area contributed by atoms with Gasteiger partial charge in [-0.2, -0.15) is 4.99 Å². The predicted molar refractivity (Wildman–Crippen MR) is 174 cm³/mol. The maximum absolute atomic E-state index is 12.8. The number of nitrogens with zero attached hydrogens (tertiary/aromatic N) is 5. The third-order valence-electron chi connectivity index (χ3n) is 7.48. The number of halogens is 3. The molecule has 3 aromatic carbocycles. The molecule has 14 heteroatoms. The number of hydrogen-bond acceptors (Lipinski definition) is 7. The van der Waals surface area contributed by atoms with E-state index in [4.69, 9.17) is 4.74 Å². The van der Waals surface area contributed by atoms with Crippen LogP contribution in [0.3, 0.4) is 0 Å². The van der Waals surface area contributed by atoms with Crippen LogP contribution in [0, 0.1) is 0 Å². The van der Waals surface area contributed by atoms with Crippen LogP contribution in [0.15, 0.2) is 78.0 Å². The van der Waals surface area contributed by atoms with Crippen LogP contribution < -0.4 is 19.7 Å². The van der Waals surface area contributed by atoms with Crippen molar-refractivity contribution in [1.29, 1.82) is 0 Å². The van der Waals surface area contributed by atoms with E-state index >= 15 is 0 Å². The Kier molecular flexibility index (Phi) is 10.2. The van der Waals surface area contributed by atoms with Crippen molar-refractivity contribution in [3.05, 3.63) is 84.2 Å². The number of alkyl halides is 3. The van der Waals surface area contributed by atoms with Gasteiger partial charge >= 0.3 is 12.4 Å². The van der Waals surface area contributed by atoms with E-state index in [2.05, 4.69) is 32.1 Å². The largest absolute Gasteiger partial charge is 0.573 e. The fraction of sp³-hybridized carbons (Fsp3) is 0.303. The van der Waals surface area contributed by atoms with Crippen LogP contribution in [0.4, 0.5) is 23.7 Å². The Bertz CT molecular complexity index is 1760. The number of aliphatic imine (C=N–C) groups is 1. The summed E-state index contributed by atoms with van der Waals surface area (Å²) in [6.07, 6.45) is -2.62. The van der Waals surface area contributed by atoms with Crippen LogP contribution in [0.25, 0.3) is 17.1 Å². The number of nitrogens with one attached hydrogen (secondary N) is 1. The van der Waals surface area contributed by atoms with Gasteiger partial charge in [-0.3, -0.25) is 9.69 Å². The lowest BCUT2D eigenvalue weighted by atomic mass is 9.96. The highest BCUT2D eigenvalue weighted by molar-refractivity contribution is 8.15. The SMILES string of the molecule is COc1ccc(N2C(=O)CS/C2=N\C(=O)NCCC(C)c2ccc(-c3ncn(-c4ccc(OC(F)(F)F)cc4)n3)cc2)c(C(C)C)c1. The lowest BCUT2D eigenvalue weighted by molar-refractivity contribution is -0.274. The number of hydrogen-bond donors (Lipinski definition) is 1. The van der Waals surface area contributed by atoms with Crippen molar-refractivity contribution in [3.63, 3.8) is 0 Å². The molecular weight excluding hydrogens is 633 g/mol. The molecule has 1 aliphatic rings. The lowest BCUT2D eigenvalue weighted by Gasteiger charge is -2.22. The van der Waals surface area contributed by atoms with E-state index in [9.17, 15) is 22.8 Å². The van der Waals surface area contributed by atoms with E-state index in [1.165, 1.54) is 51.9 Å². The molecule has 1 fully saturated rings. The average Bonchev–Trinajstić information content (AvgIpc) is 3.67. The molecule has 1 aliphatic heterocycles. The minimum atomic E-state index is -4.76. The first kappa shape index (κ1) is 33.5. The molecule has 5 rings (SSSR count). The molecule has 0 aliphatic carbocycles. The van der Waals surface area contributed by atoms with Gasteiger partial charge in [0.25, 0.3) is 0 Å². The molecule has 10 nitrogen and oxygen atoms in total. The number of urea groups is 1. The Morgan fingerprint density at radius 1 is 1.04 bits per heavy atom. The first-order chi connectivity index (χ1) is 22.4. The molecule has 1 N–H and O–H groups in total. The number of amides is 3. The highest BCUT2D eigenvalue weighted by Crippen LogP contribution is 2.36. The van der Waals surface area contributed by atoms with Crippen molar-refractivity contribution in [3.8, 4) is 28.6 Å². The zero-order valence-corrected chi connectivity index (χ0v) is 26.9. The number of anilines is 1. The van der Waals surface area contributed by atoms with E-state index in [0.717, 1.165) is 16.7 Å². The van der Waals surface area contributed by atoms with Crippen LogP contribution in [-0.4, -0.2) is 57.6 Å². The standard InChI is InChI=1S/C33H33F3N6O4S/c1-20(2)27-17-26(45-4)13-14-28(27)42-29(43)18-47-32(42)39-31(44)37-16-15-21(3)22-5-7-23(8-6-22)30-38-19-41(40-30)24-9-11-25(12-10-24)46-33(34,35)36/h5-14,17,19-21H,15-16,18H2,1-4H3,(H,37,44)/b39-32-. The second-order valence-electron chi connectivity index (χ2n) is 11.1. The van der Waals surface area contributed by atoms with E-state index in [1.807, 2.05) is 50.2 Å². The van der Waals surface area contributed by atoms with Crippen molar-refractivity contribution in [2.24, 2.45) is 4.99 Å².